The minimum absolute atomic E-state index is 0.0542. The number of hydrogen-bond acceptors (Lipinski definition) is 6. The van der Waals surface area contributed by atoms with Crippen molar-refractivity contribution in [2.45, 2.75) is 45.9 Å². The molecule has 0 spiro atoms. The number of anilines is 1. The second-order valence-corrected chi connectivity index (χ2v) is 9.53. The van der Waals surface area contributed by atoms with E-state index in [0.717, 1.165) is 24.2 Å². The van der Waals surface area contributed by atoms with Crippen LogP contribution in [0.1, 0.15) is 43.4 Å². The van der Waals surface area contributed by atoms with Gasteiger partial charge in [0, 0.05) is 17.8 Å². The number of halogens is 4. The molecule has 0 aliphatic carbocycles. The number of nitrogens with zero attached hydrogens (tertiary/aromatic N) is 2. The first-order valence-corrected chi connectivity index (χ1v) is 13.8. The molecule has 0 aliphatic rings. The maximum Gasteiger partial charge on any atom is 0.421 e. The van der Waals surface area contributed by atoms with Gasteiger partial charge in [0.25, 0.3) is 0 Å². The lowest BCUT2D eigenvalue weighted by Crippen LogP contribution is -2.17. The molecule has 2 heterocycles. The molecule has 7 nitrogen and oxygen atoms in total. The summed E-state index contributed by atoms with van der Waals surface area (Å²) in [4.78, 5) is 20.7. The Morgan fingerprint density at radius 3 is 2.42 bits per heavy atom. The summed E-state index contributed by atoms with van der Waals surface area (Å²) in [5, 5.41) is 2.36. The summed E-state index contributed by atoms with van der Waals surface area (Å²) < 4.78 is 72.5. The zero-order valence-electron chi connectivity index (χ0n) is 23.7. The van der Waals surface area contributed by atoms with Crippen LogP contribution in [0, 0.1) is 5.82 Å². The van der Waals surface area contributed by atoms with Gasteiger partial charge in [0.2, 0.25) is 17.7 Å². The van der Waals surface area contributed by atoms with Gasteiger partial charge in [-0.25, -0.2) is 14.4 Å². The summed E-state index contributed by atoms with van der Waals surface area (Å²) >= 11 is 0. The first-order valence-electron chi connectivity index (χ1n) is 13.8. The van der Waals surface area contributed by atoms with Gasteiger partial charge in [-0.15, -0.1) is 0 Å². The molecule has 4 aromatic rings. The third kappa shape index (κ3) is 8.67. The monoisotopic (exact) mass is 597 g/mol. The van der Waals surface area contributed by atoms with E-state index in [-0.39, 0.29) is 17.9 Å². The fraction of sp³-hybridized carbons (Fsp3) is 0.281. The van der Waals surface area contributed by atoms with E-state index in [1.807, 2.05) is 44.2 Å². The van der Waals surface area contributed by atoms with Crippen molar-refractivity contribution in [2.75, 3.05) is 18.5 Å². The van der Waals surface area contributed by atoms with Gasteiger partial charge >= 0.3 is 6.18 Å². The number of carbonyl (C=O) groups is 1. The summed E-state index contributed by atoms with van der Waals surface area (Å²) in [6.45, 7) is 4.45. The van der Waals surface area contributed by atoms with E-state index >= 15 is 4.39 Å². The Morgan fingerprint density at radius 1 is 0.930 bits per heavy atom. The second kappa shape index (κ2) is 14.5. The molecular formula is C32H31F4N3O4. The molecule has 0 bridgehead atoms. The molecule has 2 aromatic carbocycles. The molecule has 0 saturated heterocycles. The maximum absolute atomic E-state index is 15.1. The van der Waals surface area contributed by atoms with Crippen molar-refractivity contribution in [1.29, 1.82) is 0 Å². The normalized spacial score (nSPS) is 11.2. The smallest absolute Gasteiger partial charge is 0.421 e. The fourth-order valence-electron chi connectivity index (χ4n) is 4.11. The Bertz CT molecular complexity index is 1530. The van der Waals surface area contributed by atoms with Crippen LogP contribution in [0.15, 0.2) is 73.1 Å². The summed E-state index contributed by atoms with van der Waals surface area (Å²) in [5.41, 5.74) is 0.726. The standard InChI is InChI=1S/C32H31F4N3O4/c1-3-5-13-42-31-26(32(34,35)36)16-24(18-38-31)39-29(40)15-23-12-11-22(14-27(23)33)25-19-37-30(17-28(25)41-4-2)43-20-21-9-7-6-8-10-21/h6-12,14,16-19H,3-5,13,15,20H2,1-2H3,(H,39,40). The molecule has 43 heavy (non-hydrogen) atoms. The van der Waals surface area contributed by atoms with E-state index < -0.39 is 35.8 Å². The highest BCUT2D eigenvalue weighted by molar-refractivity contribution is 5.92. The minimum Gasteiger partial charge on any atom is -0.493 e. The van der Waals surface area contributed by atoms with E-state index in [1.54, 1.807) is 12.1 Å². The van der Waals surface area contributed by atoms with E-state index in [4.69, 9.17) is 14.2 Å². The predicted octanol–water partition coefficient (Wildman–Crippen LogP) is 7.64. The van der Waals surface area contributed by atoms with Crippen LogP contribution in [0.2, 0.25) is 0 Å². The largest absolute Gasteiger partial charge is 0.493 e. The molecule has 0 aliphatic heterocycles. The highest BCUT2D eigenvalue weighted by Gasteiger charge is 2.36. The molecular weight excluding hydrogens is 566 g/mol. The third-order valence-corrected chi connectivity index (χ3v) is 6.26. The lowest BCUT2D eigenvalue weighted by molar-refractivity contribution is -0.139. The Labute approximate surface area is 246 Å². The Kier molecular flexibility index (Phi) is 10.5. The average Bonchev–Trinajstić information content (AvgIpc) is 2.98. The van der Waals surface area contributed by atoms with Crippen LogP contribution in [0.3, 0.4) is 0 Å². The zero-order valence-corrected chi connectivity index (χ0v) is 23.7. The van der Waals surface area contributed by atoms with Gasteiger partial charge in [-0.2, -0.15) is 13.2 Å². The van der Waals surface area contributed by atoms with Crippen molar-refractivity contribution in [2.24, 2.45) is 0 Å². The average molecular weight is 598 g/mol. The molecule has 0 fully saturated rings. The van der Waals surface area contributed by atoms with Crippen LogP contribution in [0.4, 0.5) is 23.2 Å². The topological polar surface area (TPSA) is 82.6 Å². The quantitative estimate of drug-likeness (QED) is 0.126. The second-order valence-electron chi connectivity index (χ2n) is 9.53. The van der Waals surface area contributed by atoms with Gasteiger partial charge in [0.15, 0.2) is 0 Å². The number of benzene rings is 2. The van der Waals surface area contributed by atoms with E-state index in [9.17, 15) is 18.0 Å². The molecule has 226 valence electrons. The highest BCUT2D eigenvalue weighted by Crippen LogP contribution is 2.37. The number of rotatable bonds is 13. The molecule has 0 atom stereocenters. The first kappa shape index (κ1) is 31.3. The summed E-state index contributed by atoms with van der Waals surface area (Å²) in [6, 6.07) is 16.3. The third-order valence-electron chi connectivity index (χ3n) is 6.26. The Balaban J connectivity index is 1.46. The summed E-state index contributed by atoms with van der Waals surface area (Å²) in [7, 11) is 0. The van der Waals surface area contributed by atoms with Gasteiger partial charge in [-0.3, -0.25) is 4.79 Å². The summed E-state index contributed by atoms with van der Waals surface area (Å²) in [5.74, 6) is -1.16. The Morgan fingerprint density at radius 2 is 1.72 bits per heavy atom. The molecule has 1 amide bonds. The first-order chi connectivity index (χ1) is 20.7. The Hall–Kier alpha value is -4.67. The van der Waals surface area contributed by atoms with Crippen LogP contribution in [-0.2, 0) is 24.0 Å². The molecule has 1 N–H and O–H groups in total. The number of unbranched alkanes of at least 4 members (excludes halogenated alkanes) is 1. The minimum atomic E-state index is -4.74. The van der Waals surface area contributed by atoms with E-state index in [1.165, 1.54) is 18.3 Å². The van der Waals surface area contributed by atoms with Gasteiger partial charge in [0.1, 0.15) is 23.7 Å². The van der Waals surface area contributed by atoms with Crippen molar-refractivity contribution in [3.8, 4) is 28.6 Å². The van der Waals surface area contributed by atoms with Gasteiger partial charge < -0.3 is 19.5 Å². The van der Waals surface area contributed by atoms with Crippen LogP contribution < -0.4 is 19.5 Å². The fourth-order valence-corrected chi connectivity index (χ4v) is 4.11. The molecule has 0 saturated carbocycles. The number of carbonyl (C=O) groups excluding carboxylic acids is 1. The lowest BCUT2D eigenvalue weighted by atomic mass is 10.0. The van der Waals surface area contributed by atoms with Gasteiger partial charge in [-0.05, 0) is 42.2 Å². The number of nitrogens with one attached hydrogen (secondary N) is 1. The number of hydrogen-bond donors (Lipinski definition) is 1. The SMILES string of the molecule is CCCCOc1ncc(NC(=O)Cc2ccc(-c3cnc(OCc4ccccc4)cc3OCC)cc2F)cc1C(F)(F)F. The number of amides is 1. The van der Waals surface area contributed by atoms with Crippen LogP contribution in [-0.4, -0.2) is 29.1 Å². The van der Waals surface area contributed by atoms with Crippen molar-refractivity contribution in [3.63, 3.8) is 0 Å². The van der Waals surface area contributed by atoms with E-state index in [0.29, 0.717) is 42.4 Å². The van der Waals surface area contributed by atoms with Gasteiger partial charge in [-0.1, -0.05) is 55.8 Å². The highest BCUT2D eigenvalue weighted by atomic mass is 19.4. The predicted molar refractivity (Wildman–Crippen MR) is 154 cm³/mol. The molecule has 11 heteroatoms. The van der Waals surface area contributed by atoms with Crippen molar-refractivity contribution in [3.05, 3.63) is 95.6 Å². The van der Waals surface area contributed by atoms with Crippen molar-refractivity contribution in [1.82, 2.24) is 9.97 Å². The number of alkyl halides is 3. The van der Waals surface area contributed by atoms with Crippen LogP contribution >= 0.6 is 0 Å². The maximum atomic E-state index is 15.1. The van der Waals surface area contributed by atoms with Crippen LogP contribution in [0.5, 0.6) is 17.5 Å². The van der Waals surface area contributed by atoms with E-state index in [2.05, 4.69) is 15.3 Å². The summed E-state index contributed by atoms with van der Waals surface area (Å²) in [6.07, 6.45) is -1.24. The number of pyridine rings is 2. The molecule has 0 unspecified atom stereocenters. The molecule has 2 aromatic heterocycles. The molecule has 4 rings (SSSR count). The zero-order chi connectivity index (χ0) is 30.8. The number of ether oxygens (including phenoxy) is 3. The van der Waals surface area contributed by atoms with Crippen molar-refractivity contribution < 1.29 is 36.6 Å². The van der Waals surface area contributed by atoms with Crippen molar-refractivity contribution >= 4 is 11.6 Å². The molecule has 0 radical (unpaired) electrons. The van der Waals surface area contributed by atoms with Gasteiger partial charge in [0.05, 0.1) is 31.5 Å². The number of aromatic nitrogens is 2. The lowest BCUT2D eigenvalue weighted by Gasteiger charge is -2.15. The van der Waals surface area contributed by atoms with Crippen LogP contribution in [0.25, 0.3) is 11.1 Å².